The van der Waals surface area contributed by atoms with Gasteiger partial charge >= 0.3 is 0 Å². The van der Waals surface area contributed by atoms with E-state index in [0.717, 1.165) is 19.5 Å². The summed E-state index contributed by atoms with van der Waals surface area (Å²) in [5.41, 5.74) is 4.16. The van der Waals surface area contributed by atoms with Gasteiger partial charge in [0.05, 0.1) is 6.61 Å². The molecular weight excluding hydrogens is 198 g/mol. The van der Waals surface area contributed by atoms with Crippen LogP contribution in [-0.2, 0) is 6.54 Å². The molecule has 1 aliphatic heterocycles. The second kappa shape index (κ2) is 4.98. The van der Waals surface area contributed by atoms with Gasteiger partial charge in [0.15, 0.2) is 0 Å². The minimum Gasteiger partial charge on any atom is -0.395 e. The van der Waals surface area contributed by atoms with Crippen LogP contribution in [0.3, 0.4) is 0 Å². The van der Waals surface area contributed by atoms with Gasteiger partial charge in [0.25, 0.3) is 0 Å². The number of hydrogen-bond donors (Lipinski definition) is 1. The maximum atomic E-state index is 9.31. The summed E-state index contributed by atoms with van der Waals surface area (Å²) >= 11 is 0. The third-order valence-corrected chi connectivity index (χ3v) is 3.72. The molecule has 1 aromatic rings. The van der Waals surface area contributed by atoms with E-state index < -0.39 is 0 Å². The van der Waals surface area contributed by atoms with Crippen molar-refractivity contribution in [1.82, 2.24) is 4.90 Å². The number of aliphatic hydroxyl groups is 1. The van der Waals surface area contributed by atoms with Crippen LogP contribution in [0, 0.1) is 13.8 Å². The summed E-state index contributed by atoms with van der Waals surface area (Å²) in [4.78, 5) is 2.41. The Morgan fingerprint density at radius 2 is 2.00 bits per heavy atom. The van der Waals surface area contributed by atoms with Crippen LogP contribution in [0.25, 0.3) is 0 Å². The zero-order chi connectivity index (χ0) is 11.5. The van der Waals surface area contributed by atoms with Gasteiger partial charge in [-0.05, 0) is 49.9 Å². The van der Waals surface area contributed by atoms with Crippen molar-refractivity contribution in [2.24, 2.45) is 0 Å². The minimum atomic E-state index is 0.297. The van der Waals surface area contributed by atoms with Crippen molar-refractivity contribution < 1.29 is 5.11 Å². The Morgan fingerprint density at radius 3 is 2.62 bits per heavy atom. The van der Waals surface area contributed by atoms with Crippen LogP contribution in [0.2, 0.25) is 0 Å². The molecule has 0 aromatic heterocycles. The monoisotopic (exact) mass is 219 g/mol. The van der Waals surface area contributed by atoms with Gasteiger partial charge in [0.2, 0.25) is 0 Å². The fourth-order valence-corrected chi connectivity index (χ4v) is 2.61. The maximum Gasteiger partial charge on any atom is 0.0587 e. The van der Waals surface area contributed by atoms with Crippen molar-refractivity contribution in [1.29, 1.82) is 0 Å². The molecule has 0 unspecified atom stereocenters. The number of aryl methyl sites for hydroxylation is 2. The molecule has 1 aliphatic rings. The molecule has 1 N–H and O–H groups in total. The highest BCUT2D eigenvalue weighted by Gasteiger charge is 2.24. The molecular formula is C14H21NO. The molecule has 88 valence electrons. The molecule has 2 nitrogen and oxygen atoms in total. The van der Waals surface area contributed by atoms with Crippen LogP contribution in [0.4, 0.5) is 0 Å². The number of likely N-dealkylation sites (tertiary alicyclic amines) is 1. The number of nitrogens with zero attached hydrogens (tertiary/aromatic N) is 1. The van der Waals surface area contributed by atoms with Gasteiger partial charge in [0, 0.05) is 12.6 Å². The van der Waals surface area contributed by atoms with E-state index in [4.69, 9.17) is 0 Å². The zero-order valence-electron chi connectivity index (χ0n) is 10.2. The summed E-state index contributed by atoms with van der Waals surface area (Å²) in [7, 11) is 0. The average molecular weight is 219 g/mol. The first kappa shape index (κ1) is 11.6. The van der Waals surface area contributed by atoms with Crippen molar-refractivity contribution in [3.05, 3.63) is 34.9 Å². The fourth-order valence-electron chi connectivity index (χ4n) is 2.61. The molecule has 0 spiro atoms. The molecule has 0 saturated carbocycles. The van der Waals surface area contributed by atoms with Crippen LogP contribution in [0.5, 0.6) is 0 Å². The van der Waals surface area contributed by atoms with E-state index in [9.17, 15) is 5.11 Å². The SMILES string of the molecule is Cc1cccc(C)c1CN1CCC[C@@H]1CO. The van der Waals surface area contributed by atoms with E-state index in [1.54, 1.807) is 0 Å². The van der Waals surface area contributed by atoms with Crippen LogP contribution in [0.15, 0.2) is 18.2 Å². The normalized spacial score (nSPS) is 21.6. The number of hydrogen-bond acceptors (Lipinski definition) is 2. The highest BCUT2D eigenvalue weighted by Crippen LogP contribution is 2.22. The lowest BCUT2D eigenvalue weighted by molar-refractivity contribution is 0.153. The van der Waals surface area contributed by atoms with Gasteiger partial charge in [-0.15, -0.1) is 0 Å². The molecule has 1 heterocycles. The fraction of sp³-hybridized carbons (Fsp3) is 0.571. The lowest BCUT2D eigenvalue weighted by Crippen LogP contribution is -2.32. The second-order valence-electron chi connectivity index (χ2n) is 4.82. The molecule has 2 heteroatoms. The smallest absolute Gasteiger partial charge is 0.0587 e. The van der Waals surface area contributed by atoms with E-state index in [1.807, 2.05) is 0 Å². The van der Waals surface area contributed by atoms with E-state index in [2.05, 4.69) is 36.9 Å². The summed E-state index contributed by atoms with van der Waals surface area (Å²) in [6.45, 7) is 6.76. The van der Waals surface area contributed by atoms with Crippen molar-refractivity contribution in [3.63, 3.8) is 0 Å². The molecule has 0 radical (unpaired) electrons. The highest BCUT2D eigenvalue weighted by atomic mass is 16.3. The van der Waals surface area contributed by atoms with Crippen molar-refractivity contribution >= 4 is 0 Å². The van der Waals surface area contributed by atoms with Crippen LogP contribution >= 0.6 is 0 Å². The summed E-state index contributed by atoms with van der Waals surface area (Å²) in [6.07, 6.45) is 2.36. The summed E-state index contributed by atoms with van der Waals surface area (Å²) < 4.78 is 0. The van der Waals surface area contributed by atoms with Crippen LogP contribution in [-0.4, -0.2) is 29.2 Å². The number of aliphatic hydroxyl groups excluding tert-OH is 1. The van der Waals surface area contributed by atoms with Gasteiger partial charge in [-0.3, -0.25) is 4.90 Å². The first-order chi connectivity index (χ1) is 7.72. The summed E-state index contributed by atoms with van der Waals surface area (Å²) in [6, 6.07) is 6.83. The van der Waals surface area contributed by atoms with E-state index >= 15 is 0 Å². The molecule has 1 aromatic carbocycles. The molecule has 1 atom stereocenters. The second-order valence-corrected chi connectivity index (χ2v) is 4.82. The first-order valence-corrected chi connectivity index (χ1v) is 6.12. The lowest BCUT2D eigenvalue weighted by atomic mass is 10.0. The largest absolute Gasteiger partial charge is 0.395 e. The average Bonchev–Trinajstić information content (AvgIpc) is 2.71. The third-order valence-electron chi connectivity index (χ3n) is 3.72. The minimum absolute atomic E-state index is 0.297. The Balaban J connectivity index is 2.14. The Hall–Kier alpha value is -0.860. The molecule has 0 aliphatic carbocycles. The Bertz CT molecular complexity index is 342. The zero-order valence-corrected chi connectivity index (χ0v) is 10.2. The van der Waals surface area contributed by atoms with Crippen LogP contribution < -0.4 is 0 Å². The molecule has 1 fully saturated rings. The Morgan fingerprint density at radius 1 is 1.31 bits per heavy atom. The Labute approximate surface area is 97.9 Å². The molecule has 2 rings (SSSR count). The van der Waals surface area contributed by atoms with Crippen molar-refractivity contribution in [2.75, 3.05) is 13.2 Å². The molecule has 0 amide bonds. The summed E-state index contributed by atoms with van der Waals surface area (Å²) in [5.74, 6) is 0. The lowest BCUT2D eigenvalue weighted by Gasteiger charge is -2.24. The van der Waals surface area contributed by atoms with Crippen molar-refractivity contribution in [3.8, 4) is 0 Å². The predicted octanol–water partition coefficient (Wildman–Crippen LogP) is 2.26. The maximum absolute atomic E-state index is 9.31. The van der Waals surface area contributed by atoms with Gasteiger partial charge in [-0.25, -0.2) is 0 Å². The first-order valence-electron chi connectivity index (χ1n) is 6.12. The standard InChI is InChI=1S/C14H21NO/c1-11-5-3-6-12(2)14(11)9-15-8-4-7-13(15)10-16/h3,5-6,13,16H,4,7-10H2,1-2H3/t13-/m1/s1. The molecule has 0 bridgehead atoms. The highest BCUT2D eigenvalue weighted by molar-refractivity contribution is 5.33. The van der Waals surface area contributed by atoms with E-state index in [-0.39, 0.29) is 0 Å². The van der Waals surface area contributed by atoms with Gasteiger partial charge < -0.3 is 5.11 Å². The predicted molar refractivity (Wildman–Crippen MR) is 66.4 cm³/mol. The quantitative estimate of drug-likeness (QED) is 0.843. The van der Waals surface area contributed by atoms with E-state index in [0.29, 0.717) is 12.6 Å². The molecule has 1 saturated heterocycles. The topological polar surface area (TPSA) is 23.5 Å². The van der Waals surface area contributed by atoms with Crippen LogP contribution in [0.1, 0.15) is 29.5 Å². The summed E-state index contributed by atoms with van der Waals surface area (Å²) in [5, 5.41) is 9.31. The number of benzene rings is 1. The Kier molecular flexibility index (Phi) is 3.62. The third kappa shape index (κ3) is 2.28. The van der Waals surface area contributed by atoms with E-state index in [1.165, 1.54) is 23.1 Å². The van der Waals surface area contributed by atoms with Crippen molar-refractivity contribution in [2.45, 2.75) is 39.3 Å². The van der Waals surface area contributed by atoms with Gasteiger partial charge in [-0.2, -0.15) is 0 Å². The molecule has 16 heavy (non-hydrogen) atoms. The number of rotatable bonds is 3. The van der Waals surface area contributed by atoms with Gasteiger partial charge in [0.1, 0.15) is 0 Å². The van der Waals surface area contributed by atoms with Gasteiger partial charge in [-0.1, -0.05) is 18.2 Å².